The number of amides is 1. The van der Waals surface area contributed by atoms with Crippen molar-refractivity contribution < 1.29 is 23.8 Å². The monoisotopic (exact) mass is 391 g/mol. The Bertz CT molecular complexity index is 678. The van der Waals surface area contributed by atoms with Gasteiger partial charge in [0.15, 0.2) is 0 Å². The molecule has 1 N–H and O–H groups in total. The number of benzene rings is 1. The largest absolute Gasteiger partial charge is 0.492 e. The third-order valence-corrected chi connectivity index (χ3v) is 5.13. The molecule has 0 radical (unpaired) electrons. The standard InChI is InChI=1S/C22H33NO5/c1-6-28-22(11-9-16(4)10-12-22)21(25)23-17-7-8-19(27-14-15(2)3)18(13-17)20(24)26-5/h7-8,13,15-16H,6,9-12,14H2,1-5H3,(H,23,25). The highest BCUT2D eigenvalue weighted by molar-refractivity contribution is 5.99. The molecule has 2 rings (SSSR count). The van der Waals surface area contributed by atoms with Gasteiger partial charge in [0.25, 0.3) is 5.91 Å². The molecular weight excluding hydrogens is 358 g/mol. The number of nitrogens with one attached hydrogen (secondary N) is 1. The lowest BCUT2D eigenvalue weighted by Gasteiger charge is -2.37. The minimum atomic E-state index is -0.806. The summed E-state index contributed by atoms with van der Waals surface area (Å²) in [4.78, 5) is 25.2. The molecular formula is C22H33NO5. The van der Waals surface area contributed by atoms with Crippen LogP contribution < -0.4 is 10.1 Å². The van der Waals surface area contributed by atoms with E-state index in [1.807, 2.05) is 20.8 Å². The van der Waals surface area contributed by atoms with Gasteiger partial charge in [-0.25, -0.2) is 4.79 Å². The second-order valence-corrected chi connectivity index (χ2v) is 7.97. The zero-order chi connectivity index (χ0) is 20.7. The van der Waals surface area contributed by atoms with Crippen molar-refractivity contribution in [1.29, 1.82) is 0 Å². The average molecular weight is 392 g/mol. The molecule has 0 aliphatic heterocycles. The van der Waals surface area contributed by atoms with Gasteiger partial charge in [0.1, 0.15) is 16.9 Å². The molecule has 1 aliphatic carbocycles. The summed E-state index contributed by atoms with van der Waals surface area (Å²) in [6.07, 6.45) is 3.33. The van der Waals surface area contributed by atoms with Crippen molar-refractivity contribution >= 4 is 17.6 Å². The molecule has 1 saturated carbocycles. The first-order valence-corrected chi connectivity index (χ1v) is 10.1. The van der Waals surface area contributed by atoms with Crippen LogP contribution in [0.25, 0.3) is 0 Å². The Labute approximate surface area is 167 Å². The number of hydrogen-bond acceptors (Lipinski definition) is 5. The van der Waals surface area contributed by atoms with Crippen molar-refractivity contribution in [2.45, 2.75) is 59.0 Å². The predicted molar refractivity (Wildman–Crippen MR) is 109 cm³/mol. The molecule has 1 fully saturated rings. The average Bonchev–Trinajstić information content (AvgIpc) is 2.68. The molecule has 0 spiro atoms. The van der Waals surface area contributed by atoms with Crippen LogP contribution in [0.5, 0.6) is 5.75 Å². The summed E-state index contributed by atoms with van der Waals surface area (Å²) in [6.45, 7) is 9.14. The van der Waals surface area contributed by atoms with Crippen molar-refractivity contribution in [2.24, 2.45) is 11.8 Å². The number of rotatable bonds is 8. The molecule has 1 aliphatic rings. The van der Waals surface area contributed by atoms with E-state index in [-0.39, 0.29) is 5.91 Å². The first-order chi connectivity index (χ1) is 13.3. The number of esters is 1. The zero-order valence-corrected chi connectivity index (χ0v) is 17.7. The van der Waals surface area contributed by atoms with Crippen LogP contribution in [-0.2, 0) is 14.3 Å². The molecule has 156 valence electrons. The predicted octanol–water partition coefficient (Wildman–Crippen LogP) is 4.43. The lowest BCUT2D eigenvalue weighted by atomic mass is 9.78. The maximum atomic E-state index is 13.1. The van der Waals surface area contributed by atoms with Gasteiger partial charge in [-0.15, -0.1) is 0 Å². The van der Waals surface area contributed by atoms with Gasteiger partial charge in [0.05, 0.1) is 13.7 Å². The molecule has 1 aromatic carbocycles. The molecule has 0 aromatic heterocycles. The quantitative estimate of drug-likeness (QED) is 0.664. The van der Waals surface area contributed by atoms with Crippen molar-refractivity contribution in [1.82, 2.24) is 0 Å². The van der Waals surface area contributed by atoms with Crippen LogP contribution in [-0.4, -0.2) is 37.8 Å². The normalized spacial score (nSPS) is 22.0. The summed E-state index contributed by atoms with van der Waals surface area (Å²) < 4.78 is 16.5. The number of methoxy groups -OCH3 is 1. The Morgan fingerprint density at radius 3 is 2.50 bits per heavy atom. The Morgan fingerprint density at radius 2 is 1.93 bits per heavy atom. The molecule has 1 amide bonds. The molecule has 6 nitrogen and oxygen atoms in total. The Hall–Kier alpha value is -2.08. The first kappa shape index (κ1) is 22.2. The van der Waals surface area contributed by atoms with E-state index in [0.717, 1.165) is 12.8 Å². The minimum absolute atomic E-state index is 0.159. The lowest BCUT2D eigenvalue weighted by molar-refractivity contribution is -0.146. The Kier molecular flexibility index (Phi) is 7.87. The molecule has 28 heavy (non-hydrogen) atoms. The van der Waals surface area contributed by atoms with Crippen LogP contribution in [0.1, 0.15) is 63.7 Å². The highest BCUT2D eigenvalue weighted by Crippen LogP contribution is 2.36. The molecule has 0 heterocycles. The van der Waals surface area contributed by atoms with Crippen molar-refractivity contribution in [3.8, 4) is 5.75 Å². The van der Waals surface area contributed by atoms with E-state index in [1.165, 1.54) is 7.11 Å². The van der Waals surface area contributed by atoms with Crippen LogP contribution in [0.3, 0.4) is 0 Å². The minimum Gasteiger partial charge on any atom is -0.492 e. The van der Waals surface area contributed by atoms with Gasteiger partial charge in [0.2, 0.25) is 0 Å². The second-order valence-electron chi connectivity index (χ2n) is 7.97. The van der Waals surface area contributed by atoms with Crippen LogP contribution in [0.4, 0.5) is 5.69 Å². The van der Waals surface area contributed by atoms with Gasteiger partial charge in [0, 0.05) is 12.3 Å². The molecule has 6 heteroatoms. The number of carbonyl (C=O) groups is 2. The van der Waals surface area contributed by atoms with Crippen LogP contribution >= 0.6 is 0 Å². The summed E-state index contributed by atoms with van der Waals surface area (Å²) in [7, 11) is 1.33. The van der Waals surface area contributed by atoms with E-state index in [0.29, 0.717) is 54.9 Å². The fraction of sp³-hybridized carbons (Fsp3) is 0.636. The maximum absolute atomic E-state index is 13.1. The zero-order valence-electron chi connectivity index (χ0n) is 17.7. The molecule has 0 bridgehead atoms. The van der Waals surface area contributed by atoms with E-state index in [9.17, 15) is 9.59 Å². The van der Waals surface area contributed by atoms with E-state index in [1.54, 1.807) is 18.2 Å². The van der Waals surface area contributed by atoms with Crippen molar-refractivity contribution in [2.75, 3.05) is 25.6 Å². The molecule has 0 unspecified atom stereocenters. The molecule has 1 aromatic rings. The Balaban J connectivity index is 2.21. The van der Waals surface area contributed by atoms with Crippen LogP contribution in [0.15, 0.2) is 18.2 Å². The van der Waals surface area contributed by atoms with Gasteiger partial charge >= 0.3 is 5.97 Å². The lowest BCUT2D eigenvalue weighted by Crippen LogP contribution is -2.48. The number of carbonyl (C=O) groups excluding carboxylic acids is 2. The summed E-state index contributed by atoms with van der Waals surface area (Å²) in [5, 5.41) is 2.94. The fourth-order valence-corrected chi connectivity index (χ4v) is 3.45. The number of hydrogen-bond donors (Lipinski definition) is 1. The van der Waals surface area contributed by atoms with Gasteiger partial charge in [-0.3, -0.25) is 4.79 Å². The molecule has 0 saturated heterocycles. The van der Waals surface area contributed by atoms with Gasteiger partial charge in [-0.05, 0) is 62.6 Å². The second kappa shape index (κ2) is 9.92. The first-order valence-electron chi connectivity index (χ1n) is 10.1. The van der Waals surface area contributed by atoms with Crippen LogP contribution in [0, 0.1) is 11.8 Å². The van der Waals surface area contributed by atoms with E-state index < -0.39 is 11.6 Å². The summed E-state index contributed by atoms with van der Waals surface area (Å²) in [6, 6.07) is 5.04. The maximum Gasteiger partial charge on any atom is 0.341 e. The molecule has 0 atom stereocenters. The topological polar surface area (TPSA) is 73.9 Å². The van der Waals surface area contributed by atoms with Gasteiger partial charge in [-0.2, -0.15) is 0 Å². The third kappa shape index (κ3) is 5.47. The van der Waals surface area contributed by atoms with Gasteiger partial charge in [-0.1, -0.05) is 20.8 Å². The Morgan fingerprint density at radius 1 is 1.25 bits per heavy atom. The third-order valence-electron chi connectivity index (χ3n) is 5.13. The van der Waals surface area contributed by atoms with Gasteiger partial charge < -0.3 is 19.5 Å². The summed E-state index contributed by atoms with van der Waals surface area (Å²) in [5.41, 5.74) is 0.0168. The van der Waals surface area contributed by atoms with E-state index in [2.05, 4.69) is 12.2 Å². The highest BCUT2D eigenvalue weighted by atomic mass is 16.5. The SMILES string of the molecule is CCOC1(C(=O)Nc2ccc(OCC(C)C)c(C(=O)OC)c2)CCC(C)CC1. The smallest absolute Gasteiger partial charge is 0.341 e. The van der Waals surface area contributed by atoms with Crippen molar-refractivity contribution in [3.63, 3.8) is 0 Å². The van der Waals surface area contributed by atoms with Crippen molar-refractivity contribution in [3.05, 3.63) is 23.8 Å². The van der Waals surface area contributed by atoms with E-state index >= 15 is 0 Å². The van der Waals surface area contributed by atoms with Crippen LogP contribution in [0.2, 0.25) is 0 Å². The number of ether oxygens (including phenoxy) is 3. The number of anilines is 1. The summed E-state index contributed by atoms with van der Waals surface area (Å²) in [5.74, 6) is 0.715. The highest BCUT2D eigenvalue weighted by Gasteiger charge is 2.42. The summed E-state index contributed by atoms with van der Waals surface area (Å²) >= 11 is 0. The fourth-order valence-electron chi connectivity index (χ4n) is 3.45. The van der Waals surface area contributed by atoms with E-state index in [4.69, 9.17) is 14.2 Å².